The van der Waals surface area contributed by atoms with E-state index in [1.807, 2.05) is 38.1 Å². The van der Waals surface area contributed by atoms with Gasteiger partial charge in [-0.1, -0.05) is 41.5 Å². The lowest BCUT2D eigenvalue weighted by atomic mass is 9.80. The van der Waals surface area contributed by atoms with E-state index in [0.29, 0.717) is 36.7 Å². The quantitative estimate of drug-likeness (QED) is 0.440. The number of carboxylic acids is 1. The first-order valence-corrected chi connectivity index (χ1v) is 13.0. The van der Waals surface area contributed by atoms with Gasteiger partial charge in [0, 0.05) is 13.7 Å². The summed E-state index contributed by atoms with van der Waals surface area (Å²) < 4.78 is 42.0. The fourth-order valence-electron chi connectivity index (χ4n) is 3.73. The smallest absolute Gasteiger partial charge is 0.313 e. The van der Waals surface area contributed by atoms with Crippen LogP contribution in [0.3, 0.4) is 0 Å². The number of sulfonamides is 1. The fourth-order valence-corrected chi connectivity index (χ4v) is 4.97. The van der Waals surface area contributed by atoms with E-state index in [1.165, 1.54) is 10.8 Å². The van der Waals surface area contributed by atoms with Crippen molar-refractivity contribution in [1.29, 1.82) is 0 Å². The van der Waals surface area contributed by atoms with Crippen molar-refractivity contribution in [2.24, 2.45) is 12.5 Å². The second-order valence-electron chi connectivity index (χ2n) is 8.92. The third-order valence-electron chi connectivity index (χ3n) is 6.05. The number of carboxylic acid groups (broad SMARTS) is 1. The Balaban J connectivity index is 1.96. The Morgan fingerprint density at radius 2 is 1.86 bits per heavy atom. The van der Waals surface area contributed by atoms with Gasteiger partial charge in [-0.05, 0) is 52.2 Å². The molecule has 1 aliphatic rings. The molecule has 0 atom stereocenters. The molecule has 3 rings (SSSR count). The summed E-state index contributed by atoms with van der Waals surface area (Å²) in [5.41, 5.74) is 1.98. The number of rotatable bonds is 11. The van der Waals surface area contributed by atoms with Gasteiger partial charge in [0.25, 0.3) is 10.0 Å². The van der Waals surface area contributed by atoms with E-state index in [9.17, 15) is 18.3 Å². The van der Waals surface area contributed by atoms with Crippen molar-refractivity contribution in [3.8, 4) is 17.0 Å². The molecule has 0 spiro atoms. The summed E-state index contributed by atoms with van der Waals surface area (Å²) in [6, 6.07) is 7.65. The summed E-state index contributed by atoms with van der Waals surface area (Å²) in [5, 5.41) is 13.9. The zero-order chi connectivity index (χ0) is 25.8. The van der Waals surface area contributed by atoms with Crippen molar-refractivity contribution < 1.29 is 27.8 Å². The van der Waals surface area contributed by atoms with Crippen LogP contribution in [0.25, 0.3) is 11.1 Å². The predicted molar refractivity (Wildman–Crippen MR) is 135 cm³/mol. The van der Waals surface area contributed by atoms with E-state index in [0.717, 1.165) is 11.1 Å². The molecular formula is C25H33N3O6S. The molecule has 1 heterocycles. The summed E-state index contributed by atoms with van der Waals surface area (Å²) >= 11 is 0. The van der Waals surface area contributed by atoms with Gasteiger partial charge >= 0.3 is 5.97 Å². The standard InChI is InChI=1S/C25H33N3O6S/c1-6-33-15-16-34-23-21(18-9-7-17(2)8-10-18)22(28(5)26-23)27-35(31,32)20-13-11-19(12-14-20)25(3,4)24(29)30/h7-11,13,27H,6,12,14-16H2,1-5H3,(H,29,30). The first-order chi connectivity index (χ1) is 16.5. The molecule has 0 radical (unpaired) electrons. The molecule has 1 aliphatic carbocycles. The van der Waals surface area contributed by atoms with Gasteiger partial charge in [-0.15, -0.1) is 5.10 Å². The largest absolute Gasteiger partial charge is 0.481 e. The van der Waals surface area contributed by atoms with Crippen LogP contribution in [0.4, 0.5) is 5.82 Å². The number of anilines is 1. The minimum absolute atomic E-state index is 0.178. The molecule has 2 aromatic rings. The number of aliphatic carboxylic acids is 1. The number of nitrogens with one attached hydrogen (secondary N) is 1. The van der Waals surface area contributed by atoms with Crippen LogP contribution in [-0.2, 0) is 26.6 Å². The monoisotopic (exact) mass is 503 g/mol. The lowest BCUT2D eigenvalue weighted by Gasteiger charge is -2.26. The summed E-state index contributed by atoms with van der Waals surface area (Å²) in [6.45, 7) is 8.32. The fraction of sp³-hybridized carbons (Fsp3) is 0.440. The highest BCUT2D eigenvalue weighted by molar-refractivity contribution is 7.96. The Morgan fingerprint density at radius 3 is 2.43 bits per heavy atom. The van der Waals surface area contributed by atoms with Gasteiger partial charge in [-0.3, -0.25) is 9.52 Å². The maximum absolute atomic E-state index is 13.3. The molecule has 0 fully saturated rings. The first-order valence-electron chi connectivity index (χ1n) is 11.5. The summed E-state index contributed by atoms with van der Waals surface area (Å²) in [5.74, 6) is -0.366. The number of benzene rings is 1. The number of allylic oxidation sites excluding steroid dienone is 3. The Kier molecular flexibility index (Phi) is 8.07. The topological polar surface area (TPSA) is 120 Å². The molecule has 35 heavy (non-hydrogen) atoms. The number of nitrogens with zero attached hydrogens (tertiary/aromatic N) is 2. The van der Waals surface area contributed by atoms with Crippen LogP contribution in [0.2, 0.25) is 0 Å². The van der Waals surface area contributed by atoms with Crippen molar-refractivity contribution in [3.05, 3.63) is 52.5 Å². The highest BCUT2D eigenvalue weighted by Crippen LogP contribution is 2.39. The molecule has 0 saturated carbocycles. The van der Waals surface area contributed by atoms with Gasteiger partial charge in [0.2, 0.25) is 5.88 Å². The average Bonchev–Trinajstić information content (AvgIpc) is 3.11. The van der Waals surface area contributed by atoms with E-state index in [1.54, 1.807) is 27.0 Å². The third-order valence-corrected chi connectivity index (χ3v) is 7.54. The van der Waals surface area contributed by atoms with Crippen LogP contribution in [0.5, 0.6) is 5.88 Å². The van der Waals surface area contributed by atoms with Crippen LogP contribution in [0.1, 0.15) is 39.2 Å². The normalized spacial score (nSPS) is 14.3. The highest BCUT2D eigenvalue weighted by Gasteiger charge is 2.34. The summed E-state index contributed by atoms with van der Waals surface area (Å²) in [4.78, 5) is 11.7. The molecule has 190 valence electrons. The number of hydrogen-bond acceptors (Lipinski definition) is 6. The number of carbonyl (C=O) groups is 1. The highest BCUT2D eigenvalue weighted by atomic mass is 32.2. The Bertz CT molecular complexity index is 1240. The van der Waals surface area contributed by atoms with Crippen LogP contribution in [0.15, 0.2) is 46.9 Å². The summed E-state index contributed by atoms with van der Waals surface area (Å²) in [7, 11) is -2.28. The number of hydrogen-bond donors (Lipinski definition) is 2. The second kappa shape index (κ2) is 10.7. The maximum atomic E-state index is 13.3. The Morgan fingerprint density at radius 1 is 1.17 bits per heavy atom. The van der Waals surface area contributed by atoms with E-state index < -0.39 is 21.4 Å². The zero-order valence-corrected chi connectivity index (χ0v) is 21.6. The van der Waals surface area contributed by atoms with Gasteiger partial charge in [0.05, 0.1) is 22.5 Å². The van der Waals surface area contributed by atoms with Gasteiger partial charge in [0.15, 0.2) is 0 Å². The molecule has 2 N–H and O–H groups in total. The van der Waals surface area contributed by atoms with Gasteiger partial charge < -0.3 is 14.6 Å². The van der Waals surface area contributed by atoms with Gasteiger partial charge in [-0.2, -0.15) is 0 Å². The third kappa shape index (κ3) is 5.94. The molecule has 1 aromatic carbocycles. The van der Waals surface area contributed by atoms with E-state index in [-0.39, 0.29) is 23.8 Å². The number of aromatic nitrogens is 2. The van der Waals surface area contributed by atoms with Crippen molar-refractivity contribution in [2.45, 2.75) is 40.5 Å². The molecule has 0 aliphatic heterocycles. The predicted octanol–water partition coefficient (Wildman–Crippen LogP) is 4.27. The van der Waals surface area contributed by atoms with Gasteiger partial charge in [0.1, 0.15) is 12.4 Å². The number of ether oxygens (including phenoxy) is 2. The van der Waals surface area contributed by atoms with Gasteiger partial charge in [-0.25, -0.2) is 13.1 Å². The number of aryl methyl sites for hydroxylation is 2. The summed E-state index contributed by atoms with van der Waals surface area (Å²) in [6.07, 6.45) is 3.62. The Hall–Kier alpha value is -3.11. The van der Waals surface area contributed by atoms with Crippen molar-refractivity contribution in [1.82, 2.24) is 9.78 Å². The van der Waals surface area contributed by atoms with E-state index in [4.69, 9.17) is 9.47 Å². The molecule has 0 amide bonds. The molecular weight excluding hydrogens is 470 g/mol. The average molecular weight is 504 g/mol. The van der Waals surface area contributed by atoms with E-state index >= 15 is 0 Å². The van der Waals surface area contributed by atoms with Crippen LogP contribution >= 0.6 is 0 Å². The molecule has 0 saturated heterocycles. The second-order valence-corrected chi connectivity index (χ2v) is 10.7. The SMILES string of the molecule is CCOCCOc1nn(C)c(NS(=O)(=O)C2=CC=C(C(C)(C)C(=O)O)CC2)c1-c1ccc(C)cc1. The lowest BCUT2D eigenvalue weighted by Crippen LogP contribution is -2.27. The maximum Gasteiger partial charge on any atom is 0.313 e. The Labute approximate surface area is 206 Å². The molecule has 10 heteroatoms. The van der Waals surface area contributed by atoms with Crippen LogP contribution in [-0.4, -0.2) is 49.1 Å². The zero-order valence-electron chi connectivity index (χ0n) is 20.8. The van der Waals surface area contributed by atoms with E-state index in [2.05, 4.69) is 9.82 Å². The molecule has 9 nitrogen and oxygen atoms in total. The van der Waals surface area contributed by atoms with Crippen LogP contribution < -0.4 is 9.46 Å². The van der Waals surface area contributed by atoms with Crippen molar-refractivity contribution in [3.63, 3.8) is 0 Å². The first kappa shape index (κ1) is 26.5. The molecule has 1 aromatic heterocycles. The molecule has 0 bridgehead atoms. The minimum atomic E-state index is -3.92. The minimum Gasteiger partial charge on any atom is -0.481 e. The van der Waals surface area contributed by atoms with Crippen LogP contribution in [0, 0.1) is 12.3 Å². The van der Waals surface area contributed by atoms with Crippen molar-refractivity contribution >= 4 is 21.8 Å². The lowest BCUT2D eigenvalue weighted by molar-refractivity contribution is -0.144. The van der Waals surface area contributed by atoms with Crippen molar-refractivity contribution in [2.75, 3.05) is 24.5 Å². The molecule has 0 unspecified atom stereocenters.